The topological polar surface area (TPSA) is 66.5 Å². The molecule has 0 saturated heterocycles. The first-order valence-electron chi connectivity index (χ1n) is 8.23. The molecule has 1 aliphatic rings. The fourth-order valence-electron chi connectivity index (χ4n) is 3.59. The average Bonchev–Trinajstić information content (AvgIpc) is 2.80. The molecule has 132 valence electrons. The van der Waals surface area contributed by atoms with Crippen molar-refractivity contribution in [3.63, 3.8) is 0 Å². The first-order valence-corrected chi connectivity index (χ1v) is 9.71. The number of sulfonamides is 1. The number of hydrogen-bond donors (Lipinski definition) is 1. The molecule has 0 radical (unpaired) electrons. The number of benzene rings is 3. The Kier molecular flexibility index (Phi) is 3.56. The highest BCUT2D eigenvalue weighted by molar-refractivity contribution is 7.93. The van der Waals surface area contributed by atoms with Crippen molar-refractivity contribution in [2.45, 2.75) is 18.7 Å². The Morgan fingerprint density at radius 3 is 2.35 bits per heavy atom. The van der Waals surface area contributed by atoms with Gasteiger partial charge in [-0.05, 0) is 55.3 Å². The summed E-state index contributed by atoms with van der Waals surface area (Å²) < 4.78 is 28.7. The van der Waals surface area contributed by atoms with Gasteiger partial charge >= 0.3 is 0 Å². The number of carbonyl (C=O) groups excluding carboxylic acids is 1. The zero-order chi connectivity index (χ0) is 18.6. The molecule has 3 aromatic rings. The van der Waals surface area contributed by atoms with E-state index in [1.165, 1.54) is 0 Å². The lowest BCUT2D eigenvalue weighted by atomic mass is 10.1. The van der Waals surface area contributed by atoms with Gasteiger partial charge in [0.25, 0.3) is 15.9 Å². The van der Waals surface area contributed by atoms with Crippen LogP contribution >= 0.6 is 0 Å². The third kappa shape index (κ3) is 2.45. The largest absolute Gasteiger partial charge is 0.311 e. The molecule has 0 aromatic heterocycles. The Labute approximate surface area is 152 Å². The smallest absolute Gasteiger partial charge is 0.262 e. The maximum atomic E-state index is 13.0. The second-order valence-corrected chi connectivity index (χ2v) is 8.31. The summed E-state index contributed by atoms with van der Waals surface area (Å²) in [5.74, 6) is -0.123. The molecular formula is C20H18N2O3S. The minimum absolute atomic E-state index is 0.123. The van der Waals surface area contributed by atoms with Gasteiger partial charge in [-0.25, -0.2) is 8.42 Å². The van der Waals surface area contributed by atoms with Crippen molar-refractivity contribution in [1.29, 1.82) is 0 Å². The van der Waals surface area contributed by atoms with Crippen LogP contribution in [0.25, 0.3) is 10.8 Å². The van der Waals surface area contributed by atoms with Gasteiger partial charge < -0.3 is 4.90 Å². The molecule has 4 rings (SSSR count). The van der Waals surface area contributed by atoms with Crippen LogP contribution in [0, 0.1) is 13.8 Å². The number of carbonyl (C=O) groups is 1. The number of nitrogens with one attached hydrogen (secondary N) is 1. The summed E-state index contributed by atoms with van der Waals surface area (Å²) in [4.78, 5) is 14.1. The summed E-state index contributed by atoms with van der Waals surface area (Å²) in [5, 5.41) is 1.23. The second-order valence-electron chi connectivity index (χ2n) is 6.66. The van der Waals surface area contributed by atoms with E-state index in [1.807, 2.05) is 19.9 Å². The van der Waals surface area contributed by atoms with Crippen LogP contribution in [0.15, 0.2) is 53.4 Å². The van der Waals surface area contributed by atoms with Gasteiger partial charge in [0.1, 0.15) is 0 Å². The van der Waals surface area contributed by atoms with Gasteiger partial charge in [0, 0.05) is 29.1 Å². The molecule has 1 amide bonds. The Balaban J connectivity index is 1.88. The summed E-state index contributed by atoms with van der Waals surface area (Å²) in [5.41, 5.74) is 3.75. The van der Waals surface area contributed by atoms with Gasteiger partial charge in [-0.1, -0.05) is 18.2 Å². The lowest BCUT2D eigenvalue weighted by Crippen LogP contribution is -2.20. The molecule has 0 unspecified atom stereocenters. The van der Waals surface area contributed by atoms with Gasteiger partial charge in [0.05, 0.1) is 10.6 Å². The maximum absolute atomic E-state index is 13.0. The number of aryl methyl sites for hydroxylation is 2. The summed E-state index contributed by atoms with van der Waals surface area (Å²) in [6, 6.07) is 14.0. The van der Waals surface area contributed by atoms with Crippen LogP contribution in [0.3, 0.4) is 0 Å². The zero-order valence-corrected chi connectivity index (χ0v) is 15.5. The van der Waals surface area contributed by atoms with E-state index in [2.05, 4.69) is 4.72 Å². The first kappa shape index (κ1) is 16.6. The van der Waals surface area contributed by atoms with Gasteiger partial charge in [0.15, 0.2) is 0 Å². The van der Waals surface area contributed by atoms with Crippen LogP contribution in [-0.2, 0) is 10.0 Å². The van der Waals surface area contributed by atoms with Crippen LogP contribution in [0.5, 0.6) is 0 Å². The van der Waals surface area contributed by atoms with Gasteiger partial charge in [0.2, 0.25) is 0 Å². The Bertz CT molecular complexity index is 1160. The minimum Gasteiger partial charge on any atom is -0.311 e. The first-order chi connectivity index (χ1) is 12.3. The number of anilines is 2. The minimum atomic E-state index is -3.79. The summed E-state index contributed by atoms with van der Waals surface area (Å²) in [6.07, 6.45) is 0. The van der Waals surface area contributed by atoms with Crippen LogP contribution < -0.4 is 9.62 Å². The van der Waals surface area contributed by atoms with Gasteiger partial charge in [-0.15, -0.1) is 0 Å². The van der Waals surface area contributed by atoms with E-state index in [1.54, 1.807) is 54.4 Å². The molecule has 26 heavy (non-hydrogen) atoms. The Morgan fingerprint density at radius 1 is 0.962 bits per heavy atom. The summed E-state index contributed by atoms with van der Waals surface area (Å²) in [6.45, 7) is 3.84. The highest BCUT2D eigenvalue weighted by atomic mass is 32.2. The molecule has 1 heterocycles. The lowest BCUT2D eigenvalue weighted by molar-refractivity contribution is 0.0999. The molecule has 3 aromatic carbocycles. The Morgan fingerprint density at radius 2 is 1.65 bits per heavy atom. The summed E-state index contributed by atoms with van der Waals surface area (Å²) >= 11 is 0. The van der Waals surface area contributed by atoms with E-state index in [-0.39, 0.29) is 10.8 Å². The highest BCUT2D eigenvalue weighted by Crippen LogP contribution is 2.39. The number of nitrogens with zero attached hydrogens (tertiary/aromatic N) is 1. The van der Waals surface area contributed by atoms with Crippen molar-refractivity contribution in [3.8, 4) is 0 Å². The van der Waals surface area contributed by atoms with Crippen molar-refractivity contribution in [2.24, 2.45) is 0 Å². The molecular weight excluding hydrogens is 348 g/mol. The molecule has 0 atom stereocenters. The molecule has 0 aliphatic carbocycles. The molecule has 5 nitrogen and oxygen atoms in total. The molecule has 0 bridgehead atoms. The predicted molar refractivity (Wildman–Crippen MR) is 103 cm³/mol. The van der Waals surface area contributed by atoms with Gasteiger partial charge in [-0.3, -0.25) is 9.52 Å². The van der Waals surface area contributed by atoms with E-state index in [9.17, 15) is 13.2 Å². The fraction of sp³-hybridized carbons (Fsp3) is 0.150. The van der Waals surface area contributed by atoms with E-state index in [0.717, 1.165) is 16.8 Å². The van der Waals surface area contributed by atoms with Crippen molar-refractivity contribution in [1.82, 2.24) is 0 Å². The Hall–Kier alpha value is -2.86. The molecule has 0 saturated carbocycles. The number of hydrogen-bond acceptors (Lipinski definition) is 3. The second kappa shape index (κ2) is 5.57. The summed E-state index contributed by atoms with van der Waals surface area (Å²) in [7, 11) is -2.10. The quantitative estimate of drug-likeness (QED) is 0.766. The third-order valence-electron chi connectivity index (χ3n) is 4.64. The van der Waals surface area contributed by atoms with Crippen molar-refractivity contribution < 1.29 is 13.2 Å². The van der Waals surface area contributed by atoms with Crippen LogP contribution in [0.4, 0.5) is 11.4 Å². The van der Waals surface area contributed by atoms with Crippen molar-refractivity contribution >= 4 is 38.1 Å². The van der Waals surface area contributed by atoms with Crippen LogP contribution in [0.1, 0.15) is 21.5 Å². The number of amides is 1. The van der Waals surface area contributed by atoms with Crippen LogP contribution in [-0.4, -0.2) is 21.4 Å². The molecule has 1 N–H and O–H groups in total. The zero-order valence-electron chi connectivity index (χ0n) is 14.7. The number of rotatable bonds is 3. The van der Waals surface area contributed by atoms with Crippen molar-refractivity contribution in [3.05, 3.63) is 65.2 Å². The third-order valence-corrected chi connectivity index (χ3v) is 6.08. The SMILES string of the molecule is Cc1cc(C)cc(NS(=O)(=O)c2ccc3c4c(cccc24)C(=O)N3C)c1. The molecule has 1 aliphatic heterocycles. The fourth-order valence-corrected chi connectivity index (χ4v) is 4.83. The van der Waals surface area contributed by atoms with E-state index in [0.29, 0.717) is 22.0 Å². The van der Waals surface area contributed by atoms with Crippen molar-refractivity contribution in [2.75, 3.05) is 16.7 Å². The molecule has 0 fully saturated rings. The predicted octanol–water partition coefficient (Wildman–Crippen LogP) is 3.85. The van der Waals surface area contributed by atoms with Gasteiger partial charge in [-0.2, -0.15) is 0 Å². The highest BCUT2D eigenvalue weighted by Gasteiger charge is 2.30. The van der Waals surface area contributed by atoms with E-state index >= 15 is 0 Å². The normalized spacial score (nSPS) is 13.5. The monoisotopic (exact) mass is 366 g/mol. The maximum Gasteiger partial charge on any atom is 0.262 e. The van der Waals surface area contributed by atoms with E-state index < -0.39 is 10.0 Å². The average molecular weight is 366 g/mol. The molecule has 0 spiro atoms. The molecule has 6 heteroatoms. The van der Waals surface area contributed by atoms with Crippen LogP contribution in [0.2, 0.25) is 0 Å². The standard InChI is InChI=1S/C20H18N2O3S/c1-12-9-13(2)11-14(10-12)21-26(24,25)18-8-7-17-19-15(18)5-4-6-16(19)20(23)22(17)3/h4-11,21H,1-3H3. The van der Waals surface area contributed by atoms with E-state index in [4.69, 9.17) is 0 Å². The lowest BCUT2D eigenvalue weighted by Gasteiger charge is -2.14.